The minimum atomic E-state index is 0.168. The van der Waals surface area contributed by atoms with Crippen LogP contribution < -0.4 is 0 Å². The predicted octanol–water partition coefficient (Wildman–Crippen LogP) is 3.31. The number of aromatic nitrogens is 2. The molecule has 1 fully saturated rings. The Morgan fingerprint density at radius 3 is 2.67 bits per heavy atom. The van der Waals surface area contributed by atoms with Gasteiger partial charge in [-0.1, -0.05) is 29.8 Å². The maximum atomic E-state index is 11.8. The van der Waals surface area contributed by atoms with Gasteiger partial charge in [-0.2, -0.15) is 4.98 Å². The van der Waals surface area contributed by atoms with Crippen LogP contribution in [0, 0.1) is 20.8 Å². The van der Waals surface area contributed by atoms with Gasteiger partial charge in [0, 0.05) is 25.9 Å². The first-order chi connectivity index (χ1) is 11.5. The average molecular weight is 327 g/mol. The van der Waals surface area contributed by atoms with Gasteiger partial charge >= 0.3 is 0 Å². The molecule has 1 aromatic carbocycles. The van der Waals surface area contributed by atoms with Crippen molar-refractivity contribution in [2.75, 3.05) is 13.1 Å². The Labute approximate surface area is 143 Å². The van der Waals surface area contributed by atoms with Crippen molar-refractivity contribution in [1.29, 1.82) is 0 Å². The standard InChI is InChI=1S/C19H25N3O2/c1-5-18(23)22-7-6-15(11-22)19-20-17(21-24-19)10-16-13(3)8-12(2)9-14(16)4/h8-9,15H,5-7,10-11H2,1-4H3/t15-/m0/s1. The van der Waals surface area contributed by atoms with Crippen molar-refractivity contribution in [2.24, 2.45) is 0 Å². The zero-order valence-corrected chi connectivity index (χ0v) is 14.9. The number of hydrogen-bond acceptors (Lipinski definition) is 4. The van der Waals surface area contributed by atoms with Crippen LogP contribution in [0.15, 0.2) is 16.7 Å². The van der Waals surface area contributed by atoms with Gasteiger partial charge in [0.2, 0.25) is 11.8 Å². The minimum absolute atomic E-state index is 0.168. The number of aryl methyl sites for hydroxylation is 3. The van der Waals surface area contributed by atoms with Gasteiger partial charge < -0.3 is 9.42 Å². The van der Waals surface area contributed by atoms with Crippen LogP contribution in [0.5, 0.6) is 0 Å². The number of hydrogen-bond donors (Lipinski definition) is 0. The lowest BCUT2D eigenvalue weighted by atomic mass is 9.97. The molecule has 0 saturated carbocycles. The van der Waals surface area contributed by atoms with Crippen molar-refractivity contribution in [3.63, 3.8) is 0 Å². The fraction of sp³-hybridized carbons (Fsp3) is 0.526. The number of nitrogens with zero attached hydrogens (tertiary/aromatic N) is 3. The van der Waals surface area contributed by atoms with E-state index in [0.717, 1.165) is 18.8 Å². The fourth-order valence-corrected chi connectivity index (χ4v) is 3.56. The normalized spacial score (nSPS) is 17.5. The van der Waals surface area contributed by atoms with E-state index in [0.29, 0.717) is 25.3 Å². The van der Waals surface area contributed by atoms with Crippen LogP contribution >= 0.6 is 0 Å². The van der Waals surface area contributed by atoms with Crippen LogP contribution in [0.3, 0.4) is 0 Å². The summed E-state index contributed by atoms with van der Waals surface area (Å²) in [5.74, 6) is 1.75. The van der Waals surface area contributed by atoms with Gasteiger partial charge in [0.25, 0.3) is 0 Å². The molecule has 1 saturated heterocycles. The van der Waals surface area contributed by atoms with Crippen LogP contribution in [-0.4, -0.2) is 34.0 Å². The molecule has 2 heterocycles. The minimum Gasteiger partial charge on any atom is -0.342 e. The number of benzene rings is 1. The summed E-state index contributed by atoms with van der Waals surface area (Å²) in [7, 11) is 0. The Balaban J connectivity index is 1.72. The summed E-state index contributed by atoms with van der Waals surface area (Å²) >= 11 is 0. The molecule has 0 unspecified atom stereocenters. The zero-order valence-electron chi connectivity index (χ0n) is 14.9. The smallest absolute Gasteiger partial charge is 0.231 e. The van der Waals surface area contributed by atoms with E-state index in [1.165, 1.54) is 22.3 Å². The SMILES string of the molecule is CCC(=O)N1CC[C@H](c2nc(Cc3c(C)cc(C)cc3C)no2)C1. The summed E-state index contributed by atoms with van der Waals surface area (Å²) in [6.45, 7) is 9.73. The maximum absolute atomic E-state index is 11.8. The van der Waals surface area contributed by atoms with Crippen molar-refractivity contribution in [2.45, 2.75) is 52.9 Å². The molecule has 3 rings (SSSR count). The third kappa shape index (κ3) is 3.35. The molecule has 0 bridgehead atoms. The second-order valence-electron chi connectivity index (χ2n) is 6.78. The Morgan fingerprint density at radius 1 is 1.29 bits per heavy atom. The molecule has 1 aliphatic heterocycles. The Hall–Kier alpha value is -2.17. The number of likely N-dealkylation sites (tertiary alicyclic amines) is 1. The van der Waals surface area contributed by atoms with Crippen LogP contribution in [0.25, 0.3) is 0 Å². The first kappa shape index (κ1) is 16.7. The third-order valence-electron chi connectivity index (χ3n) is 4.85. The molecule has 0 N–H and O–H groups in total. The summed E-state index contributed by atoms with van der Waals surface area (Å²) in [6.07, 6.45) is 2.13. The Bertz CT molecular complexity index is 728. The first-order valence-electron chi connectivity index (χ1n) is 8.65. The Morgan fingerprint density at radius 2 is 2.00 bits per heavy atom. The van der Waals surface area contributed by atoms with Crippen LogP contribution in [0.2, 0.25) is 0 Å². The average Bonchev–Trinajstić information content (AvgIpc) is 3.19. The van der Waals surface area contributed by atoms with E-state index in [1.54, 1.807) is 0 Å². The number of rotatable bonds is 4. The van der Waals surface area contributed by atoms with E-state index >= 15 is 0 Å². The number of carbonyl (C=O) groups is 1. The van der Waals surface area contributed by atoms with E-state index in [1.807, 2.05) is 11.8 Å². The van der Waals surface area contributed by atoms with E-state index in [9.17, 15) is 4.79 Å². The lowest BCUT2D eigenvalue weighted by Crippen LogP contribution is -2.27. The van der Waals surface area contributed by atoms with Gasteiger partial charge in [-0.25, -0.2) is 0 Å². The second kappa shape index (κ2) is 6.75. The summed E-state index contributed by atoms with van der Waals surface area (Å²) in [5.41, 5.74) is 5.07. The van der Waals surface area contributed by atoms with E-state index < -0.39 is 0 Å². The lowest BCUT2D eigenvalue weighted by Gasteiger charge is -2.13. The first-order valence-corrected chi connectivity index (χ1v) is 8.65. The Kier molecular flexibility index (Phi) is 4.69. The van der Waals surface area contributed by atoms with Gasteiger partial charge in [0.05, 0.1) is 5.92 Å². The molecule has 1 atom stereocenters. The third-order valence-corrected chi connectivity index (χ3v) is 4.85. The summed E-state index contributed by atoms with van der Waals surface area (Å²) in [5, 5.41) is 4.16. The molecule has 5 heteroatoms. The highest BCUT2D eigenvalue weighted by Crippen LogP contribution is 2.27. The van der Waals surface area contributed by atoms with Crippen LogP contribution in [0.4, 0.5) is 0 Å². The molecular formula is C19H25N3O2. The van der Waals surface area contributed by atoms with Gasteiger partial charge in [0.1, 0.15) is 0 Å². The lowest BCUT2D eigenvalue weighted by molar-refractivity contribution is -0.129. The summed E-state index contributed by atoms with van der Waals surface area (Å²) in [4.78, 5) is 18.3. The zero-order chi connectivity index (χ0) is 17.3. The molecule has 1 amide bonds. The van der Waals surface area contributed by atoms with Gasteiger partial charge in [0.15, 0.2) is 5.82 Å². The number of carbonyl (C=O) groups excluding carboxylic acids is 1. The predicted molar refractivity (Wildman–Crippen MR) is 92.0 cm³/mol. The monoisotopic (exact) mass is 327 g/mol. The number of amides is 1. The van der Waals surface area contributed by atoms with E-state index in [4.69, 9.17) is 4.52 Å². The van der Waals surface area contributed by atoms with Crippen LogP contribution in [0.1, 0.15) is 59.7 Å². The van der Waals surface area contributed by atoms with Crippen molar-refractivity contribution < 1.29 is 9.32 Å². The molecule has 0 radical (unpaired) electrons. The van der Waals surface area contributed by atoms with Crippen molar-refractivity contribution in [3.05, 3.63) is 46.1 Å². The van der Waals surface area contributed by atoms with Crippen molar-refractivity contribution >= 4 is 5.91 Å². The van der Waals surface area contributed by atoms with E-state index in [2.05, 4.69) is 43.0 Å². The summed E-state index contributed by atoms with van der Waals surface area (Å²) < 4.78 is 5.49. The molecule has 1 aromatic heterocycles. The topological polar surface area (TPSA) is 59.2 Å². The van der Waals surface area contributed by atoms with Gasteiger partial charge in [-0.05, 0) is 43.9 Å². The largest absolute Gasteiger partial charge is 0.342 e. The molecular weight excluding hydrogens is 302 g/mol. The highest BCUT2D eigenvalue weighted by molar-refractivity contribution is 5.76. The highest BCUT2D eigenvalue weighted by atomic mass is 16.5. The molecule has 24 heavy (non-hydrogen) atoms. The highest BCUT2D eigenvalue weighted by Gasteiger charge is 2.30. The quantitative estimate of drug-likeness (QED) is 0.864. The van der Waals surface area contributed by atoms with Crippen molar-refractivity contribution in [3.8, 4) is 0 Å². The molecule has 0 aliphatic carbocycles. The maximum Gasteiger partial charge on any atom is 0.231 e. The summed E-state index contributed by atoms with van der Waals surface area (Å²) in [6, 6.07) is 4.38. The van der Waals surface area contributed by atoms with Crippen molar-refractivity contribution in [1.82, 2.24) is 15.0 Å². The van der Waals surface area contributed by atoms with Gasteiger partial charge in [-0.15, -0.1) is 0 Å². The van der Waals surface area contributed by atoms with Crippen LogP contribution in [-0.2, 0) is 11.2 Å². The van der Waals surface area contributed by atoms with Gasteiger partial charge in [-0.3, -0.25) is 4.79 Å². The second-order valence-corrected chi connectivity index (χ2v) is 6.78. The molecule has 0 spiro atoms. The molecule has 2 aromatic rings. The molecule has 5 nitrogen and oxygen atoms in total. The fourth-order valence-electron chi connectivity index (χ4n) is 3.56. The molecule has 128 valence electrons. The molecule has 1 aliphatic rings. The van der Waals surface area contributed by atoms with E-state index in [-0.39, 0.29) is 11.8 Å².